The monoisotopic (exact) mass is 553 g/mol. The minimum atomic E-state index is -5.08. The molecule has 1 unspecified atom stereocenters. The fourth-order valence-electron chi connectivity index (χ4n) is 4.12. The minimum Gasteiger partial charge on any atom is -0.475 e. The molecular weight excluding hydrogens is 528 g/mol. The van der Waals surface area contributed by atoms with Crippen LogP contribution in [0.4, 0.5) is 26.3 Å². The molecule has 1 amide bonds. The number of hydrogen-bond donors (Lipinski definition) is 2. The van der Waals surface area contributed by atoms with Gasteiger partial charge in [-0.2, -0.15) is 26.3 Å². The van der Waals surface area contributed by atoms with Gasteiger partial charge in [-0.1, -0.05) is 0 Å². The van der Waals surface area contributed by atoms with Crippen molar-refractivity contribution >= 4 is 17.8 Å². The summed E-state index contributed by atoms with van der Waals surface area (Å²) in [5.74, 6) is -4.21. The number of likely N-dealkylation sites (tertiary alicyclic amines) is 2. The molecule has 2 saturated heterocycles. The van der Waals surface area contributed by atoms with Crippen molar-refractivity contribution in [3.63, 3.8) is 0 Å². The lowest BCUT2D eigenvalue weighted by molar-refractivity contribution is -0.193. The van der Waals surface area contributed by atoms with Gasteiger partial charge in [-0.25, -0.2) is 9.59 Å². The van der Waals surface area contributed by atoms with Gasteiger partial charge in [-0.3, -0.25) is 14.7 Å². The highest BCUT2D eigenvalue weighted by Crippen LogP contribution is 2.41. The first-order valence-corrected chi connectivity index (χ1v) is 11.2. The van der Waals surface area contributed by atoms with E-state index in [0.717, 1.165) is 56.8 Å². The summed E-state index contributed by atoms with van der Waals surface area (Å²) in [5.41, 5.74) is 0.955. The van der Waals surface area contributed by atoms with E-state index < -0.39 is 24.3 Å². The third-order valence-electron chi connectivity index (χ3n) is 5.82. The van der Waals surface area contributed by atoms with Crippen molar-refractivity contribution in [2.75, 3.05) is 19.6 Å². The molecule has 210 valence electrons. The molecule has 38 heavy (non-hydrogen) atoms. The number of piperidine rings is 1. The van der Waals surface area contributed by atoms with E-state index in [1.807, 2.05) is 29.2 Å². The van der Waals surface area contributed by atoms with Crippen LogP contribution in [0.15, 0.2) is 47.3 Å². The first-order chi connectivity index (χ1) is 17.6. The summed E-state index contributed by atoms with van der Waals surface area (Å²) in [7, 11) is 0. The van der Waals surface area contributed by atoms with E-state index in [9.17, 15) is 31.1 Å². The zero-order valence-electron chi connectivity index (χ0n) is 19.8. The summed E-state index contributed by atoms with van der Waals surface area (Å²) in [5, 5.41) is 14.2. The second-order valence-electron chi connectivity index (χ2n) is 8.61. The Labute approximate surface area is 212 Å². The normalized spacial score (nSPS) is 19.8. The van der Waals surface area contributed by atoms with E-state index in [2.05, 4.69) is 9.88 Å². The van der Waals surface area contributed by atoms with Crippen molar-refractivity contribution in [2.24, 2.45) is 5.41 Å². The van der Waals surface area contributed by atoms with E-state index >= 15 is 0 Å². The number of hydrogen-bond acceptors (Lipinski definition) is 6. The molecule has 0 aliphatic carbocycles. The summed E-state index contributed by atoms with van der Waals surface area (Å²) in [6, 6.07) is 7.91. The topological polar surface area (TPSA) is 124 Å². The number of pyridine rings is 1. The highest BCUT2D eigenvalue weighted by atomic mass is 19.4. The number of aromatic nitrogens is 1. The Bertz CT molecular complexity index is 1040. The molecule has 0 bridgehead atoms. The Balaban J connectivity index is 0.000000301. The van der Waals surface area contributed by atoms with Crippen molar-refractivity contribution in [1.29, 1.82) is 0 Å². The first-order valence-electron chi connectivity index (χ1n) is 11.2. The molecule has 2 aromatic heterocycles. The fraction of sp³-hybridized carbons (Fsp3) is 0.478. The van der Waals surface area contributed by atoms with Crippen LogP contribution in [0.1, 0.15) is 30.6 Å². The van der Waals surface area contributed by atoms with Crippen LogP contribution >= 0.6 is 0 Å². The van der Waals surface area contributed by atoms with Gasteiger partial charge in [0.25, 0.3) is 0 Å². The van der Waals surface area contributed by atoms with Gasteiger partial charge in [0.05, 0.1) is 18.2 Å². The van der Waals surface area contributed by atoms with Gasteiger partial charge in [0.1, 0.15) is 5.76 Å². The molecule has 9 nitrogen and oxygen atoms in total. The second kappa shape index (κ2) is 12.8. The van der Waals surface area contributed by atoms with Crippen LogP contribution in [-0.4, -0.2) is 74.8 Å². The minimum absolute atomic E-state index is 0.197. The van der Waals surface area contributed by atoms with E-state index in [0.29, 0.717) is 12.5 Å². The van der Waals surface area contributed by atoms with E-state index in [1.54, 1.807) is 18.7 Å². The van der Waals surface area contributed by atoms with Crippen LogP contribution in [0.3, 0.4) is 0 Å². The Kier molecular flexibility index (Phi) is 10.3. The standard InChI is InChI=1S/C19H23N3O2.2C2HF3O2/c23-18-19(7-11-22(18)13-16-4-8-20-9-5-16)6-2-10-21(15-19)14-17-3-1-12-24-17;2*3-2(4,5)1(6)7/h1,3-5,8-9,12H,2,6-7,10-11,13-15H2;2*(H,6,7). The number of carboxylic acids is 2. The van der Waals surface area contributed by atoms with Gasteiger partial charge in [-0.15, -0.1) is 0 Å². The number of aliphatic carboxylic acids is 2. The van der Waals surface area contributed by atoms with Crippen molar-refractivity contribution in [2.45, 2.75) is 44.7 Å². The van der Waals surface area contributed by atoms with Crippen molar-refractivity contribution in [1.82, 2.24) is 14.8 Å². The maximum Gasteiger partial charge on any atom is 0.490 e. The molecule has 1 atom stereocenters. The molecule has 15 heteroatoms. The lowest BCUT2D eigenvalue weighted by Crippen LogP contribution is -2.47. The Hall–Kier alpha value is -3.62. The first kappa shape index (κ1) is 30.6. The van der Waals surface area contributed by atoms with Crippen LogP contribution in [-0.2, 0) is 27.5 Å². The molecule has 2 aliphatic heterocycles. The number of nitrogens with zero attached hydrogens (tertiary/aromatic N) is 3. The van der Waals surface area contributed by atoms with Crippen molar-refractivity contribution in [3.8, 4) is 0 Å². The molecule has 0 aromatic carbocycles. The number of amides is 1. The molecule has 2 N–H and O–H groups in total. The zero-order chi connectivity index (χ0) is 28.6. The van der Waals surface area contributed by atoms with Crippen molar-refractivity contribution in [3.05, 3.63) is 54.2 Å². The molecule has 0 saturated carbocycles. The third kappa shape index (κ3) is 9.04. The van der Waals surface area contributed by atoms with Crippen LogP contribution in [0.25, 0.3) is 0 Å². The number of furan rings is 1. The molecule has 2 fully saturated rings. The summed E-state index contributed by atoms with van der Waals surface area (Å²) < 4.78 is 68.9. The average Bonchev–Trinajstić information content (AvgIpc) is 3.44. The highest BCUT2D eigenvalue weighted by Gasteiger charge is 2.48. The smallest absolute Gasteiger partial charge is 0.475 e. The number of carbonyl (C=O) groups is 3. The fourth-order valence-corrected chi connectivity index (χ4v) is 4.12. The summed E-state index contributed by atoms with van der Waals surface area (Å²) in [6.45, 7) is 4.24. The van der Waals surface area contributed by atoms with Crippen LogP contribution in [0.2, 0.25) is 0 Å². The molecule has 4 heterocycles. The van der Waals surface area contributed by atoms with Crippen LogP contribution in [0.5, 0.6) is 0 Å². The molecule has 4 rings (SSSR count). The number of carbonyl (C=O) groups excluding carboxylic acids is 1. The molecular formula is C23H25F6N3O6. The lowest BCUT2D eigenvalue weighted by atomic mass is 9.78. The van der Waals surface area contributed by atoms with E-state index in [1.165, 1.54) is 0 Å². The third-order valence-corrected chi connectivity index (χ3v) is 5.82. The van der Waals surface area contributed by atoms with Crippen LogP contribution in [0, 0.1) is 5.41 Å². The number of halogens is 6. The van der Waals surface area contributed by atoms with Gasteiger partial charge in [0.15, 0.2) is 0 Å². The second-order valence-corrected chi connectivity index (χ2v) is 8.61. The Morgan fingerprint density at radius 1 is 0.947 bits per heavy atom. The summed E-state index contributed by atoms with van der Waals surface area (Å²) in [4.78, 5) is 39.3. The van der Waals surface area contributed by atoms with Gasteiger partial charge in [0, 0.05) is 32.0 Å². The Morgan fingerprint density at radius 3 is 2.03 bits per heavy atom. The molecule has 2 aromatic rings. The van der Waals surface area contributed by atoms with Gasteiger partial charge in [0.2, 0.25) is 5.91 Å². The lowest BCUT2D eigenvalue weighted by Gasteiger charge is -2.38. The number of rotatable bonds is 4. The summed E-state index contributed by atoms with van der Waals surface area (Å²) in [6.07, 6.45) is -1.82. The largest absolute Gasteiger partial charge is 0.490 e. The van der Waals surface area contributed by atoms with Gasteiger partial charge < -0.3 is 19.5 Å². The number of carboxylic acid groups (broad SMARTS) is 2. The summed E-state index contributed by atoms with van der Waals surface area (Å²) >= 11 is 0. The van der Waals surface area contributed by atoms with E-state index in [4.69, 9.17) is 24.2 Å². The average molecular weight is 553 g/mol. The molecule has 2 aliphatic rings. The quantitative estimate of drug-likeness (QED) is 0.546. The molecule has 1 spiro atoms. The SMILES string of the molecule is O=C(O)C(F)(F)F.O=C(O)C(F)(F)F.O=C1N(Cc2ccncc2)CCC12CCCN(Cc1ccco1)C2. The molecule has 0 radical (unpaired) electrons. The van der Waals surface area contributed by atoms with Gasteiger partial charge in [-0.05, 0) is 55.6 Å². The predicted octanol–water partition coefficient (Wildman–Crippen LogP) is 3.96. The van der Waals surface area contributed by atoms with Gasteiger partial charge >= 0.3 is 24.3 Å². The maximum atomic E-state index is 13.1. The highest BCUT2D eigenvalue weighted by molar-refractivity contribution is 5.85. The van der Waals surface area contributed by atoms with Crippen molar-refractivity contribution < 1.29 is 55.4 Å². The number of alkyl halides is 6. The Morgan fingerprint density at radius 2 is 1.53 bits per heavy atom. The predicted molar refractivity (Wildman–Crippen MR) is 117 cm³/mol. The van der Waals surface area contributed by atoms with Crippen LogP contribution < -0.4 is 0 Å². The van der Waals surface area contributed by atoms with E-state index in [-0.39, 0.29) is 5.41 Å². The zero-order valence-corrected chi connectivity index (χ0v) is 19.8. The maximum absolute atomic E-state index is 13.1.